The Kier molecular flexibility index (Phi) is 5.89. The van der Waals surface area contributed by atoms with Gasteiger partial charge < -0.3 is 14.8 Å². The second kappa shape index (κ2) is 8.10. The minimum absolute atomic E-state index is 0.216. The molecule has 5 nitrogen and oxygen atoms in total. The highest BCUT2D eigenvalue weighted by Crippen LogP contribution is 2.24. The van der Waals surface area contributed by atoms with E-state index in [-0.39, 0.29) is 5.56 Å². The van der Waals surface area contributed by atoms with Gasteiger partial charge in [0.1, 0.15) is 11.6 Å². The van der Waals surface area contributed by atoms with Crippen molar-refractivity contribution >= 4 is 17.6 Å². The first-order valence-electron chi connectivity index (χ1n) is 7.51. The maximum absolute atomic E-state index is 13.6. The van der Waals surface area contributed by atoms with E-state index in [4.69, 9.17) is 9.47 Å². The van der Waals surface area contributed by atoms with Gasteiger partial charge in [-0.2, -0.15) is 0 Å². The van der Waals surface area contributed by atoms with Crippen LogP contribution >= 0.6 is 0 Å². The van der Waals surface area contributed by atoms with Gasteiger partial charge in [0, 0.05) is 0 Å². The smallest absolute Gasteiger partial charge is 0.341 e. The molecular weight excluding hydrogens is 313 g/mol. The summed E-state index contributed by atoms with van der Waals surface area (Å²) in [6, 6.07) is 12.3. The third kappa shape index (κ3) is 4.32. The monoisotopic (exact) mass is 331 g/mol. The lowest BCUT2D eigenvalue weighted by Crippen LogP contribution is -2.30. The van der Waals surface area contributed by atoms with Crippen LogP contribution in [0.4, 0.5) is 10.1 Å². The molecule has 0 aromatic heterocycles. The Morgan fingerprint density at radius 2 is 1.79 bits per heavy atom. The standard InChI is InChI=1S/C18H18FNO4/c1-3-23-16-11-7-6-10-15(16)20-17(21)12(2)24-18(22)13-8-4-5-9-14(13)19/h4-12H,3H2,1-2H3,(H,20,21)/t12-/m1/s1. The summed E-state index contributed by atoms with van der Waals surface area (Å²) in [5, 5.41) is 2.63. The molecule has 0 unspecified atom stereocenters. The van der Waals surface area contributed by atoms with Crippen LogP contribution in [0.15, 0.2) is 48.5 Å². The van der Waals surface area contributed by atoms with Crippen molar-refractivity contribution in [2.24, 2.45) is 0 Å². The first kappa shape index (κ1) is 17.5. The normalized spacial score (nSPS) is 11.5. The summed E-state index contributed by atoms with van der Waals surface area (Å²) in [4.78, 5) is 24.1. The summed E-state index contributed by atoms with van der Waals surface area (Å²) in [7, 11) is 0. The molecule has 2 rings (SSSR count). The van der Waals surface area contributed by atoms with E-state index < -0.39 is 23.8 Å². The second-order valence-corrected chi connectivity index (χ2v) is 4.95. The summed E-state index contributed by atoms with van der Waals surface area (Å²) < 4.78 is 24.0. The second-order valence-electron chi connectivity index (χ2n) is 4.95. The Bertz CT molecular complexity index is 732. The Morgan fingerprint density at radius 1 is 1.12 bits per heavy atom. The highest BCUT2D eigenvalue weighted by Gasteiger charge is 2.21. The van der Waals surface area contributed by atoms with E-state index in [1.165, 1.54) is 25.1 Å². The SMILES string of the molecule is CCOc1ccccc1NC(=O)[C@@H](C)OC(=O)c1ccccc1F. The van der Waals surface area contributed by atoms with E-state index in [1.807, 2.05) is 6.92 Å². The number of amides is 1. The van der Waals surface area contributed by atoms with E-state index in [1.54, 1.807) is 24.3 Å². The van der Waals surface area contributed by atoms with E-state index in [0.717, 1.165) is 6.07 Å². The maximum Gasteiger partial charge on any atom is 0.341 e. The number of esters is 1. The fraction of sp³-hybridized carbons (Fsp3) is 0.222. The lowest BCUT2D eigenvalue weighted by molar-refractivity contribution is -0.123. The quantitative estimate of drug-likeness (QED) is 0.824. The molecule has 24 heavy (non-hydrogen) atoms. The van der Waals surface area contributed by atoms with Crippen LogP contribution in [0.5, 0.6) is 5.75 Å². The van der Waals surface area contributed by atoms with Crippen molar-refractivity contribution in [2.75, 3.05) is 11.9 Å². The van der Waals surface area contributed by atoms with Crippen molar-refractivity contribution < 1.29 is 23.5 Å². The van der Waals surface area contributed by atoms with Crippen molar-refractivity contribution in [3.63, 3.8) is 0 Å². The van der Waals surface area contributed by atoms with Crippen LogP contribution in [0, 0.1) is 5.82 Å². The zero-order valence-corrected chi connectivity index (χ0v) is 13.4. The molecule has 2 aromatic rings. The van der Waals surface area contributed by atoms with Crippen molar-refractivity contribution in [3.8, 4) is 5.75 Å². The van der Waals surface area contributed by atoms with E-state index in [9.17, 15) is 14.0 Å². The minimum Gasteiger partial charge on any atom is -0.492 e. The first-order chi connectivity index (χ1) is 11.5. The molecule has 0 saturated heterocycles. The molecule has 6 heteroatoms. The Hall–Kier alpha value is -2.89. The minimum atomic E-state index is -1.09. The van der Waals surface area contributed by atoms with Gasteiger partial charge >= 0.3 is 5.97 Å². The molecule has 0 aliphatic rings. The van der Waals surface area contributed by atoms with Gasteiger partial charge in [-0.15, -0.1) is 0 Å². The zero-order chi connectivity index (χ0) is 17.5. The predicted octanol–water partition coefficient (Wildman–Crippen LogP) is 3.41. The average Bonchev–Trinajstić information content (AvgIpc) is 2.57. The molecule has 126 valence electrons. The highest BCUT2D eigenvalue weighted by molar-refractivity contribution is 5.98. The zero-order valence-electron chi connectivity index (χ0n) is 13.4. The number of anilines is 1. The van der Waals surface area contributed by atoms with E-state index in [0.29, 0.717) is 18.0 Å². The molecule has 0 spiro atoms. The van der Waals surface area contributed by atoms with Crippen molar-refractivity contribution in [2.45, 2.75) is 20.0 Å². The predicted molar refractivity (Wildman–Crippen MR) is 87.5 cm³/mol. The fourth-order valence-corrected chi connectivity index (χ4v) is 1.99. The van der Waals surface area contributed by atoms with Crippen LogP contribution in [-0.4, -0.2) is 24.6 Å². The van der Waals surface area contributed by atoms with Gasteiger partial charge in [0.2, 0.25) is 0 Å². The van der Waals surface area contributed by atoms with Crippen molar-refractivity contribution in [1.29, 1.82) is 0 Å². The van der Waals surface area contributed by atoms with Crippen molar-refractivity contribution in [3.05, 3.63) is 59.9 Å². The number of rotatable bonds is 6. The molecule has 0 heterocycles. The fourth-order valence-electron chi connectivity index (χ4n) is 1.99. The molecule has 1 N–H and O–H groups in total. The lowest BCUT2D eigenvalue weighted by atomic mass is 10.2. The molecule has 1 atom stereocenters. The number of hydrogen-bond donors (Lipinski definition) is 1. The van der Waals surface area contributed by atoms with Gasteiger partial charge in [0.15, 0.2) is 6.10 Å². The number of benzene rings is 2. The number of carbonyl (C=O) groups is 2. The van der Waals surface area contributed by atoms with Gasteiger partial charge in [0.05, 0.1) is 17.9 Å². The maximum atomic E-state index is 13.6. The van der Waals surface area contributed by atoms with Gasteiger partial charge in [-0.3, -0.25) is 4.79 Å². The van der Waals surface area contributed by atoms with Gasteiger partial charge in [-0.05, 0) is 38.1 Å². The average molecular weight is 331 g/mol. The lowest BCUT2D eigenvalue weighted by Gasteiger charge is -2.15. The van der Waals surface area contributed by atoms with Crippen LogP contribution in [0.2, 0.25) is 0 Å². The molecule has 0 aliphatic heterocycles. The van der Waals surface area contributed by atoms with E-state index >= 15 is 0 Å². The van der Waals surface area contributed by atoms with Crippen LogP contribution in [0.1, 0.15) is 24.2 Å². The Morgan fingerprint density at radius 3 is 2.50 bits per heavy atom. The summed E-state index contributed by atoms with van der Waals surface area (Å²) >= 11 is 0. The number of ether oxygens (including phenoxy) is 2. The highest BCUT2D eigenvalue weighted by atomic mass is 19.1. The van der Waals surface area contributed by atoms with Gasteiger partial charge in [-0.1, -0.05) is 24.3 Å². The molecule has 0 saturated carbocycles. The summed E-state index contributed by atoms with van der Waals surface area (Å²) in [5.74, 6) is -1.61. The summed E-state index contributed by atoms with van der Waals surface area (Å²) in [6.07, 6.45) is -1.09. The first-order valence-corrected chi connectivity index (χ1v) is 7.51. The van der Waals surface area contributed by atoms with Crippen LogP contribution in [0.25, 0.3) is 0 Å². The third-order valence-corrected chi connectivity index (χ3v) is 3.19. The summed E-state index contributed by atoms with van der Waals surface area (Å²) in [6.45, 7) is 3.69. The van der Waals surface area contributed by atoms with Crippen LogP contribution in [0.3, 0.4) is 0 Å². The molecule has 0 radical (unpaired) electrons. The molecule has 1 amide bonds. The van der Waals surface area contributed by atoms with E-state index in [2.05, 4.69) is 5.32 Å². The van der Waals surface area contributed by atoms with Gasteiger partial charge in [-0.25, -0.2) is 9.18 Å². The molecular formula is C18H18FNO4. The van der Waals surface area contributed by atoms with Crippen LogP contribution in [-0.2, 0) is 9.53 Å². The number of para-hydroxylation sites is 2. The summed E-state index contributed by atoms with van der Waals surface area (Å²) in [5.41, 5.74) is 0.255. The largest absolute Gasteiger partial charge is 0.492 e. The number of carbonyl (C=O) groups excluding carboxylic acids is 2. The van der Waals surface area contributed by atoms with Gasteiger partial charge in [0.25, 0.3) is 5.91 Å². The van der Waals surface area contributed by atoms with Crippen LogP contribution < -0.4 is 10.1 Å². The molecule has 0 fully saturated rings. The Labute approximate surface area is 139 Å². The molecule has 2 aromatic carbocycles. The third-order valence-electron chi connectivity index (χ3n) is 3.19. The number of halogens is 1. The van der Waals surface area contributed by atoms with Crippen molar-refractivity contribution in [1.82, 2.24) is 0 Å². The molecule has 0 bridgehead atoms. The molecule has 0 aliphatic carbocycles. The Balaban J connectivity index is 2.03. The number of hydrogen-bond acceptors (Lipinski definition) is 4. The topological polar surface area (TPSA) is 64.6 Å². The number of nitrogens with one attached hydrogen (secondary N) is 1.